The van der Waals surface area contributed by atoms with Crippen molar-refractivity contribution in [3.8, 4) is 0 Å². The average molecular weight is 190 g/mol. The minimum Gasteiger partial charge on any atom is -0.270 e. The summed E-state index contributed by atoms with van der Waals surface area (Å²) in [6.07, 6.45) is 1.82. The van der Waals surface area contributed by atoms with E-state index in [-0.39, 0.29) is 0 Å². The monoisotopic (exact) mass is 190 g/mol. The Hall–Kier alpha value is -1.58. The van der Waals surface area contributed by atoms with Crippen LogP contribution >= 0.6 is 0 Å². The van der Waals surface area contributed by atoms with Crippen molar-refractivity contribution < 1.29 is 0 Å². The summed E-state index contributed by atoms with van der Waals surface area (Å²) in [6, 6.07) is 4.09. The minimum atomic E-state index is 0.788. The van der Waals surface area contributed by atoms with Crippen molar-refractivity contribution >= 4 is 0 Å². The second-order valence-electron chi connectivity index (χ2n) is 3.53. The zero-order valence-electron chi connectivity index (χ0n) is 8.73. The van der Waals surface area contributed by atoms with E-state index in [1.807, 2.05) is 35.6 Å². The summed E-state index contributed by atoms with van der Waals surface area (Å²) >= 11 is 0. The van der Waals surface area contributed by atoms with Crippen LogP contribution in [-0.4, -0.2) is 19.6 Å². The van der Waals surface area contributed by atoms with E-state index in [2.05, 4.69) is 23.2 Å². The molecule has 74 valence electrons. The lowest BCUT2D eigenvalue weighted by atomic mass is 10.3. The molecule has 2 rings (SSSR count). The van der Waals surface area contributed by atoms with E-state index in [4.69, 9.17) is 0 Å². The van der Waals surface area contributed by atoms with Crippen molar-refractivity contribution in [2.24, 2.45) is 7.05 Å². The second kappa shape index (κ2) is 3.29. The number of rotatable bonds is 2. The Balaban J connectivity index is 2.27. The second-order valence-corrected chi connectivity index (χ2v) is 3.53. The molecular weight excluding hydrogens is 176 g/mol. The fourth-order valence-corrected chi connectivity index (χ4v) is 1.53. The highest BCUT2D eigenvalue weighted by molar-refractivity contribution is 5.10. The molecule has 0 aliphatic carbocycles. The molecule has 0 aromatic carbocycles. The zero-order valence-corrected chi connectivity index (χ0v) is 8.73. The standard InChI is InChI=1S/C10H14N4/c1-8-6-10(13(3)12-8)7-14-9(2)4-5-11-14/h4-6H,7H2,1-3H3. The summed E-state index contributed by atoms with van der Waals surface area (Å²) in [7, 11) is 1.96. The Morgan fingerprint density at radius 2 is 2.14 bits per heavy atom. The molecule has 0 aliphatic rings. The Labute approximate surface area is 83.2 Å². The van der Waals surface area contributed by atoms with Gasteiger partial charge in [0.05, 0.1) is 17.9 Å². The van der Waals surface area contributed by atoms with E-state index in [9.17, 15) is 0 Å². The molecule has 0 atom stereocenters. The van der Waals surface area contributed by atoms with Crippen LogP contribution in [0.2, 0.25) is 0 Å². The number of nitrogens with zero attached hydrogens (tertiary/aromatic N) is 4. The topological polar surface area (TPSA) is 35.6 Å². The summed E-state index contributed by atoms with van der Waals surface area (Å²) in [6.45, 7) is 4.84. The largest absolute Gasteiger partial charge is 0.270 e. The third kappa shape index (κ3) is 1.55. The van der Waals surface area contributed by atoms with Crippen molar-refractivity contribution in [1.82, 2.24) is 19.6 Å². The smallest absolute Gasteiger partial charge is 0.0831 e. The first-order valence-electron chi connectivity index (χ1n) is 4.65. The molecule has 0 amide bonds. The molecule has 0 spiro atoms. The van der Waals surface area contributed by atoms with E-state index >= 15 is 0 Å². The Morgan fingerprint density at radius 3 is 2.64 bits per heavy atom. The van der Waals surface area contributed by atoms with Gasteiger partial charge in [0.2, 0.25) is 0 Å². The summed E-state index contributed by atoms with van der Waals surface area (Å²) in [4.78, 5) is 0. The van der Waals surface area contributed by atoms with Crippen LogP contribution in [0.5, 0.6) is 0 Å². The molecule has 4 nitrogen and oxygen atoms in total. The van der Waals surface area contributed by atoms with E-state index in [1.54, 1.807) is 0 Å². The van der Waals surface area contributed by atoms with Crippen LogP contribution in [0, 0.1) is 13.8 Å². The quantitative estimate of drug-likeness (QED) is 0.715. The van der Waals surface area contributed by atoms with Crippen molar-refractivity contribution in [3.63, 3.8) is 0 Å². The lowest BCUT2D eigenvalue weighted by Gasteiger charge is -2.03. The average Bonchev–Trinajstić information content (AvgIpc) is 2.62. The van der Waals surface area contributed by atoms with Gasteiger partial charge in [-0.1, -0.05) is 0 Å². The fourth-order valence-electron chi connectivity index (χ4n) is 1.53. The normalized spacial score (nSPS) is 10.8. The van der Waals surface area contributed by atoms with Crippen LogP contribution in [-0.2, 0) is 13.6 Å². The Morgan fingerprint density at radius 1 is 1.36 bits per heavy atom. The molecule has 0 aliphatic heterocycles. The van der Waals surface area contributed by atoms with Gasteiger partial charge in [0.15, 0.2) is 0 Å². The van der Waals surface area contributed by atoms with Crippen LogP contribution in [0.3, 0.4) is 0 Å². The predicted octanol–water partition coefficient (Wildman–Crippen LogP) is 1.28. The summed E-state index contributed by atoms with van der Waals surface area (Å²) in [5.41, 5.74) is 3.39. The van der Waals surface area contributed by atoms with E-state index in [0.717, 1.165) is 12.2 Å². The van der Waals surface area contributed by atoms with Crippen molar-refractivity contribution in [1.29, 1.82) is 0 Å². The fraction of sp³-hybridized carbons (Fsp3) is 0.400. The lowest BCUT2D eigenvalue weighted by Crippen LogP contribution is -2.07. The Kier molecular flexibility index (Phi) is 2.11. The molecule has 0 fully saturated rings. The Bertz CT molecular complexity index is 439. The van der Waals surface area contributed by atoms with Gasteiger partial charge in [-0.25, -0.2) is 0 Å². The van der Waals surface area contributed by atoms with E-state index in [1.165, 1.54) is 11.4 Å². The van der Waals surface area contributed by atoms with Crippen LogP contribution < -0.4 is 0 Å². The van der Waals surface area contributed by atoms with Crippen LogP contribution in [0.1, 0.15) is 17.1 Å². The maximum atomic E-state index is 4.30. The number of aromatic nitrogens is 4. The summed E-state index contributed by atoms with van der Waals surface area (Å²) < 4.78 is 3.87. The molecule has 2 aromatic heterocycles. The molecule has 2 heterocycles. The highest BCUT2D eigenvalue weighted by Gasteiger charge is 2.04. The molecule has 0 saturated carbocycles. The summed E-state index contributed by atoms with van der Waals surface area (Å²) in [5.74, 6) is 0. The highest BCUT2D eigenvalue weighted by atomic mass is 15.3. The minimum absolute atomic E-state index is 0.788. The van der Waals surface area contributed by atoms with Gasteiger partial charge in [-0.05, 0) is 26.0 Å². The SMILES string of the molecule is Cc1cc(Cn2nccc2C)n(C)n1. The molecule has 0 bridgehead atoms. The van der Waals surface area contributed by atoms with Gasteiger partial charge >= 0.3 is 0 Å². The van der Waals surface area contributed by atoms with Gasteiger partial charge in [-0.2, -0.15) is 10.2 Å². The molecule has 0 saturated heterocycles. The van der Waals surface area contributed by atoms with Gasteiger partial charge in [0.1, 0.15) is 0 Å². The molecule has 4 heteroatoms. The van der Waals surface area contributed by atoms with Gasteiger partial charge in [-0.15, -0.1) is 0 Å². The molecule has 2 aromatic rings. The van der Waals surface area contributed by atoms with Gasteiger partial charge in [-0.3, -0.25) is 9.36 Å². The first-order valence-corrected chi connectivity index (χ1v) is 4.65. The third-order valence-corrected chi connectivity index (χ3v) is 2.34. The zero-order chi connectivity index (χ0) is 10.1. The van der Waals surface area contributed by atoms with Crippen molar-refractivity contribution in [2.75, 3.05) is 0 Å². The van der Waals surface area contributed by atoms with E-state index < -0.39 is 0 Å². The highest BCUT2D eigenvalue weighted by Crippen LogP contribution is 2.05. The first-order chi connectivity index (χ1) is 6.66. The molecular formula is C10H14N4. The van der Waals surface area contributed by atoms with Gasteiger partial charge in [0.25, 0.3) is 0 Å². The molecule has 0 N–H and O–H groups in total. The van der Waals surface area contributed by atoms with Crippen LogP contribution in [0.15, 0.2) is 18.3 Å². The maximum absolute atomic E-state index is 4.30. The number of hydrogen-bond acceptors (Lipinski definition) is 2. The first kappa shape index (κ1) is 8.99. The van der Waals surface area contributed by atoms with Gasteiger partial charge in [0, 0.05) is 18.9 Å². The molecule has 0 unspecified atom stereocenters. The predicted molar refractivity (Wildman–Crippen MR) is 54.0 cm³/mol. The maximum Gasteiger partial charge on any atom is 0.0831 e. The van der Waals surface area contributed by atoms with Crippen LogP contribution in [0.4, 0.5) is 0 Å². The number of aryl methyl sites for hydroxylation is 3. The molecule has 0 radical (unpaired) electrons. The summed E-state index contributed by atoms with van der Waals surface area (Å²) in [5, 5.41) is 8.53. The van der Waals surface area contributed by atoms with E-state index in [0.29, 0.717) is 0 Å². The third-order valence-electron chi connectivity index (χ3n) is 2.34. The lowest BCUT2D eigenvalue weighted by molar-refractivity contribution is 0.607. The van der Waals surface area contributed by atoms with Crippen LogP contribution in [0.25, 0.3) is 0 Å². The molecule has 14 heavy (non-hydrogen) atoms. The van der Waals surface area contributed by atoms with Crippen molar-refractivity contribution in [3.05, 3.63) is 35.4 Å². The number of hydrogen-bond donors (Lipinski definition) is 0. The van der Waals surface area contributed by atoms with Crippen molar-refractivity contribution in [2.45, 2.75) is 20.4 Å². The van der Waals surface area contributed by atoms with Gasteiger partial charge < -0.3 is 0 Å².